The summed E-state index contributed by atoms with van der Waals surface area (Å²) in [4.78, 5) is 23.7. The highest BCUT2D eigenvalue weighted by molar-refractivity contribution is 6.01. The van der Waals surface area contributed by atoms with Crippen molar-refractivity contribution in [1.29, 1.82) is 0 Å². The van der Waals surface area contributed by atoms with Crippen LogP contribution >= 0.6 is 0 Å². The number of esters is 1. The third-order valence-electron chi connectivity index (χ3n) is 3.96. The molecular weight excluding hydrogens is 316 g/mol. The smallest absolute Gasteiger partial charge is 0.337 e. The van der Waals surface area contributed by atoms with Crippen LogP contribution in [0.1, 0.15) is 26.3 Å². The van der Waals surface area contributed by atoms with E-state index in [1.807, 2.05) is 37.3 Å². The molecule has 0 saturated heterocycles. The molecule has 0 heterocycles. The summed E-state index contributed by atoms with van der Waals surface area (Å²) in [6, 6.07) is 18.2. The second-order valence-corrected chi connectivity index (χ2v) is 5.79. The summed E-state index contributed by atoms with van der Waals surface area (Å²) in [6.45, 7) is 1.98. The van der Waals surface area contributed by atoms with Crippen LogP contribution in [0.2, 0.25) is 0 Å². The zero-order chi connectivity index (χ0) is 17.8. The van der Waals surface area contributed by atoms with Gasteiger partial charge in [0.05, 0.1) is 12.7 Å². The molecule has 0 saturated carbocycles. The lowest BCUT2D eigenvalue weighted by atomic mass is 10.0. The van der Waals surface area contributed by atoms with Crippen molar-refractivity contribution in [2.45, 2.75) is 6.92 Å². The predicted molar refractivity (Wildman–Crippen MR) is 96.3 cm³/mol. The molecule has 4 heteroatoms. The van der Waals surface area contributed by atoms with E-state index in [0.717, 1.165) is 10.8 Å². The Morgan fingerprint density at radius 1 is 0.840 bits per heavy atom. The first-order chi connectivity index (χ1) is 12.1. The molecule has 0 aliphatic carbocycles. The Hall–Kier alpha value is -3.14. The molecule has 0 aromatic heterocycles. The summed E-state index contributed by atoms with van der Waals surface area (Å²) in [5, 5.41) is 2.13. The van der Waals surface area contributed by atoms with Gasteiger partial charge in [-0.15, -0.1) is 0 Å². The lowest BCUT2D eigenvalue weighted by Gasteiger charge is -2.07. The topological polar surface area (TPSA) is 52.6 Å². The molecular formula is C21H18O4. The Balaban J connectivity index is 1.68. The van der Waals surface area contributed by atoms with Gasteiger partial charge < -0.3 is 9.47 Å². The maximum absolute atomic E-state index is 12.4. The molecule has 0 radical (unpaired) electrons. The summed E-state index contributed by atoms with van der Waals surface area (Å²) in [7, 11) is 1.33. The highest BCUT2D eigenvalue weighted by Gasteiger charge is 2.09. The number of carbonyl (C=O) groups excluding carboxylic acids is 2. The quantitative estimate of drug-likeness (QED) is 0.518. The van der Waals surface area contributed by atoms with Crippen molar-refractivity contribution < 1.29 is 19.1 Å². The Morgan fingerprint density at radius 3 is 2.20 bits per heavy atom. The number of aryl methyl sites for hydroxylation is 1. The van der Waals surface area contributed by atoms with Gasteiger partial charge in [-0.2, -0.15) is 0 Å². The van der Waals surface area contributed by atoms with Crippen LogP contribution in [-0.2, 0) is 4.74 Å². The lowest BCUT2D eigenvalue weighted by Crippen LogP contribution is -2.11. The van der Waals surface area contributed by atoms with E-state index in [-0.39, 0.29) is 12.4 Å². The van der Waals surface area contributed by atoms with Crippen LogP contribution in [0.5, 0.6) is 5.75 Å². The van der Waals surface area contributed by atoms with Crippen LogP contribution < -0.4 is 4.74 Å². The Morgan fingerprint density at radius 2 is 1.48 bits per heavy atom. The summed E-state index contributed by atoms with van der Waals surface area (Å²) in [5.41, 5.74) is 2.24. The van der Waals surface area contributed by atoms with Gasteiger partial charge in [0.2, 0.25) is 0 Å². The van der Waals surface area contributed by atoms with Crippen molar-refractivity contribution in [3.63, 3.8) is 0 Å². The van der Waals surface area contributed by atoms with Gasteiger partial charge in [0.25, 0.3) is 0 Å². The highest BCUT2D eigenvalue weighted by Crippen LogP contribution is 2.19. The maximum atomic E-state index is 12.4. The third kappa shape index (κ3) is 3.86. The number of ketones is 1. The van der Waals surface area contributed by atoms with Crippen LogP contribution in [0, 0.1) is 6.92 Å². The van der Waals surface area contributed by atoms with Gasteiger partial charge in [-0.1, -0.05) is 35.9 Å². The molecule has 25 heavy (non-hydrogen) atoms. The second-order valence-electron chi connectivity index (χ2n) is 5.79. The standard InChI is InChI=1S/C21H18O4/c1-14-3-4-17-12-18(6-5-16(17)11-14)20(22)13-25-19-9-7-15(8-10-19)21(23)24-2/h3-12H,13H2,1-2H3. The van der Waals surface area contributed by atoms with Crippen LogP contribution in [0.4, 0.5) is 0 Å². The fourth-order valence-corrected chi connectivity index (χ4v) is 2.58. The van der Waals surface area contributed by atoms with Gasteiger partial charge in [-0.3, -0.25) is 4.79 Å². The molecule has 3 aromatic rings. The van der Waals surface area contributed by atoms with E-state index in [1.165, 1.54) is 12.7 Å². The van der Waals surface area contributed by atoms with Gasteiger partial charge in [-0.25, -0.2) is 4.79 Å². The highest BCUT2D eigenvalue weighted by atomic mass is 16.5. The van der Waals surface area contributed by atoms with Crippen molar-refractivity contribution in [3.8, 4) is 5.75 Å². The SMILES string of the molecule is COC(=O)c1ccc(OCC(=O)c2ccc3cc(C)ccc3c2)cc1. The van der Waals surface area contributed by atoms with Crippen molar-refractivity contribution >= 4 is 22.5 Å². The number of hydrogen-bond donors (Lipinski definition) is 0. The summed E-state index contributed by atoms with van der Waals surface area (Å²) >= 11 is 0. The number of Topliss-reactive ketones (excluding diaryl/α,β-unsaturated/α-hetero) is 1. The zero-order valence-electron chi connectivity index (χ0n) is 14.1. The molecule has 4 nitrogen and oxygen atoms in total. The molecule has 0 fully saturated rings. The van der Waals surface area contributed by atoms with E-state index < -0.39 is 5.97 Å². The van der Waals surface area contributed by atoms with Crippen molar-refractivity contribution in [2.75, 3.05) is 13.7 Å². The van der Waals surface area contributed by atoms with Crippen LogP contribution in [0.15, 0.2) is 60.7 Å². The predicted octanol–water partition coefficient (Wildman–Crippen LogP) is 4.20. The van der Waals surface area contributed by atoms with E-state index in [2.05, 4.69) is 10.8 Å². The largest absolute Gasteiger partial charge is 0.485 e. The first-order valence-electron chi connectivity index (χ1n) is 7.91. The molecule has 0 aliphatic rings. The van der Waals surface area contributed by atoms with Gasteiger partial charge in [0.1, 0.15) is 5.75 Å². The number of hydrogen-bond acceptors (Lipinski definition) is 4. The molecule has 0 N–H and O–H groups in total. The minimum Gasteiger partial charge on any atom is -0.485 e. The number of benzene rings is 3. The van der Waals surface area contributed by atoms with Crippen LogP contribution in [-0.4, -0.2) is 25.5 Å². The normalized spacial score (nSPS) is 10.5. The van der Waals surface area contributed by atoms with Gasteiger partial charge in [-0.05, 0) is 48.0 Å². The molecule has 0 spiro atoms. The molecule has 126 valence electrons. The van der Waals surface area contributed by atoms with Crippen LogP contribution in [0.25, 0.3) is 10.8 Å². The third-order valence-corrected chi connectivity index (χ3v) is 3.96. The van der Waals surface area contributed by atoms with E-state index in [1.54, 1.807) is 24.3 Å². The number of carbonyl (C=O) groups is 2. The fraction of sp³-hybridized carbons (Fsp3) is 0.143. The Bertz CT molecular complexity index is 926. The number of ether oxygens (including phenoxy) is 2. The number of rotatable bonds is 5. The second kappa shape index (κ2) is 7.18. The molecule has 0 bridgehead atoms. The molecule has 0 amide bonds. The van der Waals surface area contributed by atoms with E-state index in [4.69, 9.17) is 4.74 Å². The Labute approximate surface area is 146 Å². The van der Waals surface area contributed by atoms with E-state index >= 15 is 0 Å². The first-order valence-corrected chi connectivity index (χ1v) is 7.91. The Kier molecular flexibility index (Phi) is 4.80. The minimum atomic E-state index is -0.408. The molecule has 3 rings (SSSR count). The summed E-state index contributed by atoms with van der Waals surface area (Å²) in [6.07, 6.45) is 0. The van der Waals surface area contributed by atoms with E-state index in [0.29, 0.717) is 16.9 Å². The van der Waals surface area contributed by atoms with Gasteiger partial charge >= 0.3 is 5.97 Å². The average Bonchev–Trinajstić information content (AvgIpc) is 2.65. The summed E-state index contributed by atoms with van der Waals surface area (Å²) in [5.74, 6) is 0.0194. The first kappa shape index (κ1) is 16.7. The van der Waals surface area contributed by atoms with E-state index in [9.17, 15) is 9.59 Å². The van der Waals surface area contributed by atoms with Crippen LogP contribution in [0.3, 0.4) is 0 Å². The molecule has 0 atom stereocenters. The van der Waals surface area contributed by atoms with Gasteiger partial charge in [0.15, 0.2) is 12.4 Å². The molecule has 0 aliphatic heterocycles. The molecule has 3 aromatic carbocycles. The van der Waals surface area contributed by atoms with Gasteiger partial charge in [0, 0.05) is 5.56 Å². The molecule has 0 unspecified atom stereocenters. The minimum absolute atomic E-state index is 0.0606. The maximum Gasteiger partial charge on any atom is 0.337 e. The van der Waals surface area contributed by atoms with Crippen molar-refractivity contribution in [3.05, 3.63) is 77.4 Å². The van der Waals surface area contributed by atoms with Crippen molar-refractivity contribution in [1.82, 2.24) is 0 Å². The zero-order valence-corrected chi connectivity index (χ0v) is 14.1. The number of fused-ring (bicyclic) bond motifs is 1. The lowest BCUT2D eigenvalue weighted by molar-refractivity contribution is 0.0600. The number of methoxy groups -OCH3 is 1. The monoisotopic (exact) mass is 334 g/mol. The average molecular weight is 334 g/mol. The summed E-state index contributed by atoms with van der Waals surface area (Å²) < 4.78 is 10.2. The van der Waals surface area contributed by atoms with Crippen molar-refractivity contribution in [2.24, 2.45) is 0 Å². The fourth-order valence-electron chi connectivity index (χ4n) is 2.58.